The topological polar surface area (TPSA) is 47.6 Å². The predicted molar refractivity (Wildman–Crippen MR) is 95.7 cm³/mol. The molecule has 0 aliphatic heterocycles. The maximum absolute atomic E-state index is 12.4. The molecule has 1 amide bonds. The molecule has 2 aromatic rings. The number of amides is 1. The van der Waals surface area contributed by atoms with Crippen LogP contribution in [-0.4, -0.2) is 19.6 Å². The summed E-state index contributed by atoms with van der Waals surface area (Å²) in [5, 5.41) is 2.94. The molecule has 0 unspecified atom stereocenters. The lowest BCUT2D eigenvalue weighted by Crippen LogP contribution is -2.23. The van der Waals surface area contributed by atoms with Crippen LogP contribution >= 0.6 is 0 Å². The summed E-state index contributed by atoms with van der Waals surface area (Å²) in [5.74, 6) is 1.51. The fourth-order valence-corrected chi connectivity index (χ4v) is 2.27. The second-order valence-corrected chi connectivity index (χ2v) is 6.18. The monoisotopic (exact) mass is 327 g/mol. The van der Waals surface area contributed by atoms with E-state index in [0.717, 1.165) is 11.1 Å². The lowest BCUT2D eigenvalue weighted by Gasteiger charge is -2.14. The highest BCUT2D eigenvalue weighted by atomic mass is 16.5. The standard InChI is InChI=1S/C20H25NO3/c1-14(2)13-24-18-10-9-16(11-19(18)23-4)20(22)21-12-17-8-6-5-7-15(17)3/h5-11,14H,12-13H2,1-4H3,(H,21,22). The van der Waals surface area contributed by atoms with E-state index in [9.17, 15) is 4.79 Å². The zero-order chi connectivity index (χ0) is 17.5. The van der Waals surface area contributed by atoms with Crippen LogP contribution in [-0.2, 0) is 6.54 Å². The molecule has 0 saturated heterocycles. The predicted octanol–water partition coefficient (Wildman–Crippen LogP) is 3.97. The SMILES string of the molecule is COc1cc(C(=O)NCc2ccccc2C)ccc1OCC(C)C. The van der Waals surface area contributed by atoms with Crippen LogP contribution in [0.1, 0.15) is 35.3 Å². The molecule has 0 heterocycles. The van der Waals surface area contributed by atoms with Crippen LogP contribution in [0.4, 0.5) is 0 Å². The highest BCUT2D eigenvalue weighted by Crippen LogP contribution is 2.28. The minimum absolute atomic E-state index is 0.132. The van der Waals surface area contributed by atoms with Gasteiger partial charge in [-0.3, -0.25) is 4.79 Å². The van der Waals surface area contributed by atoms with Crippen LogP contribution in [0.3, 0.4) is 0 Å². The minimum Gasteiger partial charge on any atom is -0.493 e. The van der Waals surface area contributed by atoms with Crippen molar-refractivity contribution in [3.8, 4) is 11.5 Å². The van der Waals surface area contributed by atoms with Gasteiger partial charge in [0.2, 0.25) is 0 Å². The zero-order valence-corrected chi connectivity index (χ0v) is 14.8. The molecule has 0 fully saturated rings. The fraction of sp³-hybridized carbons (Fsp3) is 0.350. The molecule has 0 atom stereocenters. The molecule has 4 heteroatoms. The van der Waals surface area contributed by atoms with E-state index in [2.05, 4.69) is 19.2 Å². The lowest BCUT2D eigenvalue weighted by molar-refractivity contribution is 0.0950. The van der Waals surface area contributed by atoms with Crippen LogP contribution in [0.2, 0.25) is 0 Å². The van der Waals surface area contributed by atoms with Gasteiger partial charge in [0.25, 0.3) is 5.91 Å². The molecule has 0 bridgehead atoms. The molecule has 4 nitrogen and oxygen atoms in total. The van der Waals surface area contributed by atoms with Crippen LogP contribution in [0.25, 0.3) is 0 Å². The van der Waals surface area contributed by atoms with Crippen molar-refractivity contribution < 1.29 is 14.3 Å². The number of rotatable bonds is 7. The Hall–Kier alpha value is -2.49. The van der Waals surface area contributed by atoms with Gasteiger partial charge in [-0.05, 0) is 42.2 Å². The fourth-order valence-electron chi connectivity index (χ4n) is 2.27. The molecule has 2 rings (SSSR count). The number of nitrogens with one attached hydrogen (secondary N) is 1. The molecule has 0 aromatic heterocycles. The number of hydrogen-bond acceptors (Lipinski definition) is 3. The van der Waals surface area contributed by atoms with Crippen LogP contribution in [0.5, 0.6) is 11.5 Å². The second-order valence-electron chi connectivity index (χ2n) is 6.18. The van der Waals surface area contributed by atoms with E-state index in [4.69, 9.17) is 9.47 Å². The van der Waals surface area contributed by atoms with Gasteiger partial charge in [0.05, 0.1) is 13.7 Å². The van der Waals surface area contributed by atoms with Crippen molar-refractivity contribution in [3.05, 3.63) is 59.2 Å². The maximum atomic E-state index is 12.4. The van der Waals surface area contributed by atoms with Gasteiger partial charge in [-0.15, -0.1) is 0 Å². The van der Waals surface area contributed by atoms with E-state index in [1.165, 1.54) is 0 Å². The number of carbonyl (C=O) groups is 1. The van der Waals surface area contributed by atoms with Gasteiger partial charge in [-0.25, -0.2) is 0 Å². The van der Waals surface area contributed by atoms with E-state index in [1.54, 1.807) is 25.3 Å². The minimum atomic E-state index is -0.132. The molecular weight excluding hydrogens is 302 g/mol. The number of methoxy groups -OCH3 is 1. The van der Waals surface area contributed by atoms with Gasteiger partial charge < -0.3 is 14.8 Å². The third-order valence-corrected chi connectivity index (χ3v) is 3.70. The van der Waals surface area contributed by atoms with Gasteiger partial charge in [0.15, 0.2) is 11.5 Å². The van der Waals surface area contributed by atoms with Crippen molar-refractivity contribution in [2.45, 2.75) is 27.3 Å². The van der Waals surface area contributed by atoms with Crippen molar-refractivity contribution in [1.82, 2.24) is 5.32 Å². The normalized spacial score (nSPS) is 10.5. The van der Waals surface area contributed by atoms with Crippen LogP contribution in [0, 0.1) is 12.8 Å². The molecule has 0 spiro atoms. The third-order valence-electron chi connectivity index (χ3n) is 3.70. The number of aryl methyl sites for hydroxylation is 1. The molecule has 0 saturated carbocycles. The Morgan fingerprint density at radius 1 is 1.12 bits per heavy atom. The number of ether oxygens (including phenoxy) is 2. The summed E-state index contributed by atoms with van der Waals surface area (Å²) >= 11 is 0. The summed E-state index contributed by atoms with van der Waals surface area (Å²) in [4.78, 5) is 12.4. The van der Waals surface area contributed by atoms with E-state index in [1.807, 2.05) is 31.2 Å². The van der Waals surface area contributed by atoms with E-state index < -0.39 is 0 Å². The largest absolute Gasteiger partial charge is 0.493 e. The average Bonchev–Trinajstić information content (AvgIpc) is 2.58. The Bertz CT molecular complexity index is 695. The Morgan fingerprint density at radius 3 is 2.54 bits per heavy atom. The first-order chi connectivity index (χ1) is 11.5. The number of carbonyl (C=O) groups excluding carboxylic acids is 1. The Kier molecular flexibility index (Phi) is 6.24. The number of hydrogen-bond donors (Lipinski definition) is 1. The van der Waals surface area contributed by atoms with Crippen LogP contribution < -0.4 is 14.8 Å². The lowest BCUT2D eigenvalue weighted by atomic mass is 10.1. The van der Waals surface area contributed by atoms with Crippen molar-refractivity contribution in [2.75, 3.05) is 13.7 Å². The maximum Gasteiger partial charge on any atom is 0.251 e. The third kappa shape index (κ3) is 4.75. The van der Waals surface area contributed by atoms with Crippen molar-refractivity contribution in [1.29, 1.82) is 0 Å². The second kappa shape index (κ2) is 8.39. The van der Waals surface area contributed by atoms with Gasteiger partial charge >= 0.3 is 0 Å². The first kappa shape index (κ1) is 17.9. The summed E-state index contributed by atoms with van der Waals surface area (Å²) in [6, 6.07) is 13.3. The summed E-state index contributed by atoms with van der Waals surface area (Å²) < 4.78 is 11.1. The highest BCUT2D eigenvalue weighted by Gasteiger charge is 2.12. The van der Waals surface area contributed by atoms with Gasteiger partial charge in [-0.1, -0.05) is 38.1 Å². The molecule has 1 N–H and O–H groups in total. The van der Waals surface area contributed by atoms with Crippen molar-refractivity contribution >= 4 is 5.91 Å². The summed E-state index contributed by atoms with van der Waals surface area (Å²) in [6.07, 6.45) is 0. The summed E-state index contributed by atoms with van der Waals surface area (Å²) in [6.45, 7) is 7.31. The van der Waals surface area contributed by atoms with E-state index in [-0.39, 0.29) is 5.91 Å². The smallest absolute Gasteiger partial charge is 0.251 e. The Balaban J connectivity index is 2.05. The molecule has 128 valence electrons. The van der Waals surface area contributed by atoms with Gasteiger partial charge in [0.1, 0.15) is 0 Å². The molecular formula is C20H25NO3. The molecule has 2 aromatic carbocycles. The average molecular weight is 327 g/mol. The van der Waals surface area contributed by atoms with Crippen LogP contribution in [0.15, 0.2) is 42.5 Å². The molecule has 0 radical (unpaired) electrons. The molecule has 0 aliphatic rings. The molecule has 0 aliphatic carbocycles. The van der Waals surface area contributed by atoms with Gasteiger partial charge in [-0.2, -0.15) is 0 Å². The quantitative estimate of drug-likeness (QED) is 0.837. The van der Waals surface area contributed by atoms with E-state index >= 15 is 0 Å². The Morgan fingerprint density at radius 2 is 1.88 bits per heavy atom. The summed E-state index contributed by atoms with van der Waals surface area (Å²) in [5.41, 5.74) is 2.82. The summed E-state index contributed by atoms with van der Waals surface area (Å²) in [7, 11) is 1.58. The van der Waals surface area contributed by atoms with Gasteiger partial charge in [0, 0.05) is 12.1 Å². The zero-order valence-electron chi connectivity index (χ0n) is 14.8. The van der Waals surface area contributed by atoms with E-state index in [0.29, 0.717) is 36.1 Å². The first-order valence-corrected chi connectivity index (χ1v) is 8.14. The van der Waals surface area contributed by atoms with Crippen molar-refractivity contribution in [2.24, 2.45) is 5.92 Å². The number of benzene rings is 2. The highest BCUT2D eigenvalue weighted by molar-refractivity contribution is 5.94. The Labute approximate surface area is 143 Å². The van der Waals surface area contributed by atoms with Crippen molar-refractivity contribution in [3.63, 3.8) is 0 Å². The molecule has 24 heavy (non-hydrogen) atoms. The first-order valence-electron chi connectivity index (χ1n) is 8.14.